The summed E-state index contributed by atoms with van der Waals surface area (Å²) in [6.07, 6.45) is -4.65. The molecule has 0 heterocycles. The summed E-state index contributed by atoms with van der Waals surface area (Å²) in [5.41, 5.74) is 3.85. The van der Waals surface area contributed by atoms with Crippen molar-refractivity contribution in [3.05, 3.63) is 59.7 Å². The molecule has 0 aromatic heterocycles. The van der Waals surface area contributed by atoms with Gasteiger partial charge in [-0.25, -0.2) is 14.1 Å². The average Bonchev–Trinajstić information content (AvgIpc) is 2.58. The fourth-order valence-electron chi connectivity index (χ4n) is 1.95. The number of halogens is 3. The molecule has 0 fully saturated rings. The third-order valence-electron chi connectivity index (χ3n) is 3.21. The average molecular weight is 401 g/mol. The van der Waals surface area contributed by atoms with Crippen LogP contribution in [0.25, 0.3) is 0 Å². The first kappa shape index (κ1) is 20.2. The Morgan fingerprint density at radius 2 is 1.74 bits per heavy atom. The molecule has 1 amide bonds. The fraction of sp³-hybridized carbons (Fsp3) is 0.0667. The Kier molecular flexibility index (Phi) is 5.42. The van der Waals surface area contributed by atoms with E-state index in [0.29, 0.717) is 11.1 Å². The summed E-state index contributed by atoms with van der Waals surface area (Å²) in [4.78, 5) is 17.6. The van der Waals surface area contributed by atoms with Crippen LogP contribution in [0.5, 0.6) is 5.75 Å². The summed E-state index contributed by atoms with van der Waals surface area (Å²) in [6.45, 7) is 0. The number of carbonyl (C=O) groups is 1. The van der Waals surface area contributed by atoms with E-state index in [0.717, 1.165) is 18.2 Å². The second kappa shape index (κ2) is 7.25. The third kappa shape index (κ3) is 4.95. The number of guanidine groups is 1. The molecule has 1 atom stereocenters. The molecule has 2 aromatic carbocycles. The minimum absolute atomic E-state index is 0.00608. The van der Waals surface area contributed by atoms with E-state index in [1.807, 2.05) is 0 Å². The summed E-state index contributed by atoms with van der Waals surface area (Å²) in [6, 6.07) is 8.39. The Morgan fingerprint density at radius 3 is 2.22 bits per heavy atom. The number of rotatable bonds is 4. The van der Waals surface area contributed by atoms with E-state index < -0.39 is 39.1 Å². The lowest BCUT2D eigenvalue weighted by molar-refractivity contribution is -0.137. The zero-order valence-electron chi connectivity index (χ0n) is 13.5. The first-order valence-electron chi connectivity index (χ1n) is 7.10. The largest absolute Gasteiger partial charge is 0.416 e. The van der Waals surface area contributed by atoms with Gasteiger partial charge in [0, 0.05) is 5.56 Å². The lowest BCUT2D eigenvalue weighted by Gasteiger charge is -2.21. The van der Waals surface area contributed by atoms with Crippen LogP contribution in [-0.4, -0.2) is 21.1 Å². The minimum Gasteiger partial charge on any atom is -0.369 e. The van der Waals surface area contributed by atoms with Crippen molar-refractivity contribution in [1.29, 1.82) is 10.2 Å². The Bertz CT molecular complexity index is 975. The molecule has 0 radical (unpaired) electrons. The maximum Gasteiger partial charge on any atom is 0.416 e. The van der Waals surface area contributed by atoms with Crippen LogP contribution >= 0.6 is 0 Å². The quantitative estimate of drug-likeness (QED) is 0.354. The maximum absolute atomic E-state index is 12.8. The second-order valence-electron chi connectivity index (χ2n) is 5.23. The highest BCUT2D eigenvalue weighted by molar-refractivity contribution is 7.90. The number of amides is 1. The second-order valence-corrected chi connectivity index (χ2v) is 6.90. The van der Waals surface area contributed by atoms with E-state index in [2.05, 4.69) is 0 Å². The minimum atomic E-state index is -4.65. The van der Waals surface area contributed by atoms with E-state index in [4.69, 9.17) is 25.9 Å². The number of carbonyl (C=O) groups excluding carboxylic acids is 1. The number of nitrogens with zero attached hydrogens (tertiary/aromatic N) is 1. The fourth-order valence-corrected chi connectivity index (χ4v) is 2.49. The topological polar surface area (TPSA) is 146 Å². The predicted molar refractivity (Wildman–Crippen MR) is 89.9 cm³/mol. The molecule has 0 bridgehead atoms. The van der Waals surface area contributed by atoms with Crippen LogP contribution in [0.4, 0.5) is 13.2 Å². The lowest BCUT2D eigenvalue weighted by Crippen LogP contribution is -2.43. The monoisotopic (exact) mass is 401 g/mol. The van der Waals surface area contributed by atoms with Gasteiger partial charge in [-0.2, -0.15) is 13.2 Å². The first-order chi connectivity index (χ1) is 12.4. The molecule has 0 aliphatic rings. The molecule has 2 aromatic rings. The number of hydrogen-bond acceptors (Lipinski definition) is 5. The smallest absolute Gasteiger partial charge is 0.369 e. The zero-order valence-corrected chi connectivity index (χ0v) is 14.3. The molecule has 144 valence electrons. The van der Waals surface area contributed by atoms with Crippen LogP contribution in [0.15, 0.2) is 53.4 Å². The van der Waals surface area contributed by atoms with Gasteiger partial charge in [-0.3, -0.25) is 10.2 Å². The molecule has 0 aliphatic carbocycles. The summed E-state index contributed by atoms with van der Waals surface area (Å²) >= 11 is 0. The number of nitrogens with two attached hydrogens (primary N) is 2. The lowest BCUT2D eigenvalue weighted by atomic mass is 10.1. The number of benzene rings is 2. The Morgan fingerprint density at radius 1 is 1.15 bits per heavy atom. The van der Waals surface area contributed by atoms with Crippen molar-refractivity contribution in [3.63, 3.8) is 0 Å². The molecule has 0 aliphatic heterocycles. The number of hydroxylamine groups is 2. The molecule has 1 unspecified atom stereocenters. The van der Waals surface area contributed by atoms with Crippen LogP contribution < -0.4 is 15.7 Å². The van der Waals surface area contributed by atoms with Crippen molar-refractivity contribution in [2.45, 2.75) is 11.1 Å². The highest BCUT2D eigenvalue weighted by atomic mass is 32.2. The molecule has 8 nitrogen and oxygen atoms in total. The predicted octanol–water partition coefficient (Wildman–Crippen LogP) is 2.31. The number of alkyl halides is 3. The van der Waals surface area contributed by atoms with Crippen LogP contribution in [-0.2, 0) is 16.1 Å². The van der Waals surface area contributed by atoms with Crippen molar-refractivity contribution in [3.8, 4) is 5.75 Å². The molecule has 2 rings (SSSR count). The van der Waals surface area contributed by atoms with Gasteiger partial charge in [0.2, 0.25) is 5.96 Å². The number of nitrogens with one attached hydrogen (secondary N) is 2. The van der Waals surface area contributed by atoms with Crippen LogP contribution in [0.2, 0.25) is 0 Å². The third-order valence-corrected chi connectivity index (χ3v) is 4.18. The van der Waals surface area contributed by atoms with E-state index in [-0.39, 0.29) is 10.6 Å². The van der Waals surface area contributed by atoms with Crippen LogP contribution in [0.1, 0.15) is 15.9 Å². The van der Waals surface area contributed by atoms with Crippen molar-refractivity contribution >= 4 is 21.8 Å². The first-order valence-corrected chi connectivity index (χ1v) is 8.72. The van der Waals surface area contributed by atoms with E-state index in [1.165, 1.54) is 24.3 Å². The van der Waals surface area contributed by atoms with Crippen molar-refractivity contribution < 1.29 is 27.0 Å². The van der Waals surface area contributed by atoms with Crippen molar-refractivity contribution in [2.24, 2.45) is 10.9 Å². The van der Waals surface area contributed by atoms with Gasteiger partial charge in [0.25, 0.3) is 5.91 Å². The van der Waals surface area contributed by atoms with Gasteiger partial charge < -0.3 is 10.6 Å². The van der Waals surface area contributed by atoms with Gasteiger partial charge in [-0.05, 0) is 42.5 Å². The van der Waals surface area contributed by atoms with Crippen LogP contribution in [0.3, 0.4) is 0 Å². The molecule has 0 spiro atoms. The summed E-state index contributed by atoms with van der Waals surface area (Å²) in [7, 11) is -3.45. The standard InChI is InChI=1S/C15H14F3N5O3S/c16-15(17,18)10-3-1-2-9(8-10)13(24)23(14(19)20)26-11-4-6-12(7-5-11)27(21,22)25/h1-8H,(H3,19,20)(H3,21,22,25). The Labute approximate surface area is 152 Å². The van der Waals surface area contributed by atoms with E-state index >= 15 is 0 Å². The zero-order chi connectivity index (χ0) is 20.4. The van der Waals surface area contributed by atoms with Crippen molar-refractivity contribution in [1.82, 2.24) is 5.06 Å². The summed E-state index contributed by atoms with van der Waals surface area (Å²) in [5, 5.41) is 12.9. The van der Waals surface area contributed by atoms with Crippen molar-refractivity contribution in [2.75, 3.05) is 0 Å². The normalized spacial score (nSPS) is 13.5. The molecular formula is C15H14F3N5O3S. The van der Waals surface area contributed by atoms with Gasteiger partial charge in [-0.1, -0.05) is 6.07 Å². The van der Waals surface area contributed by atoms with E-state index in [9.17, 15) is 22.2 Å². The molecule has 27 heavy (non-hydrogen) atoms. The molecule has 12 heteroatoms. The van der Waals surface area contributed by atoms with E-state index in [1.54, 1.807) is 0 Å². The van der Waals surface area contributed by atoms with Gasteiger partial charge in [-0.15, -0.1) is 5.06 Å². The van der Waals surface area contributed by atoms with Gasteiger partial charge >= 0.3 is 6.18 Å². The van der Waals surface area contributed by atoms with Gasteiger partial charge in [0.05, 0.1) is 10.5 Å². The Balaban J connectivity index is 2.30. The molecule has 6 N–H and O–H groups in total. The molecular weight excluding hydrogens is 387 g/mol. The molecule has 0 saturated carbocycles. The number of hydrogen-bond donors (Lipinski definition) is 4. The SMILES string of the molecule is N=C(N)N(Oc1ccc(S(=N)(N)=O)cc1)C(=O)c1cccc(C(F)(F)F)c1. The Hall–Kier alpha value is -3.12. The van der Waals surface area contributed by atoms with Gasteiger partial charge in [0.1, 0.15) is 9.92 Å². The summed E-state index contributed by atoms with van der Waals surface area (Å²) < 4.78 is 57.1. The molecule has 0 saturated heterocycles. The highest BCUT2D eigenvalue weighted by Crippen LogP contribution is 2.30. The van der Waals surface area contributed by atoms with Crippen LogP contribution in [0, 0.1) is 10.2 Å². The highest BCUT2D eigenvalue weighted by Gasteiger charge is 2.32. The van der Waals surface area contributed by atoms with Gasteiger partial charge in [0.15, 0.2) is 5.75 Å². The maximum atomic E-state index is 12.8. The summed E-state index contributed by atoms with van der Waals surface area (Å²) in [5.74, 6) is -2.01.